The molecule has 1 aromatic heterocycles. The van der Waals surface area contributed by atoms with Crippen LogP contribution in [-0.2, 0) is 0 Å². The molecule has 1 rings (SSSR count). The van der Waals surface area contributed by atoms with Gasteiger partial charge in [0.15, 0.2) is 0 Å². The third kappa shape index (κ3) is 2.03. The lowest BCUT2D eigenvalue weighted by Gasteiger charge is -1.89. The van der Waals surface area contributed by atoms with E-state index < -0.39 is 0 Å². The Hall–Kier alpha value is -0.500. The van der Waals surface area contributed by atoms with E-state index in [2.05, 4.69) is 28.9 Å². The van der Waals surface area contributed by atoms with Crippen molar-refractivity contribution in [2.75, 3.05) is 5.33 Å². The Kier molecular flexibility index (Phi) is 2.75. The van der Waals surface area contributed by atoms with Crippen LogP contribution < -0.4 is 0 Å². The lowest BCUT2D eigenvalue weighted by molar-refractivity contribution is 0.567. The van der Waals surface area contributed by atoms with E-state index in [4.69, 9.17) is 4.42 Å². The molecule has 0 aliphatic carbocycles. The molecule has 1 nitrogen and oxygen atoms in total. The van der Waals surface area contributed by atoms with Crippen LogP contribution in [0.3, 0.4) is 0 Å². The number of furan rings is 1. The lowest BCUT2D eigenvalue weighted by atomic mass is 10.2. The van der Waals surface area contributed by atoms with Crippen LogP contribution in [0.5, 0.6) is 0 Å². The first-order valence-corrected chi connectivity index (χ1v) is 4.20. The van der Waals surface area contributed by atoms with E-state index >= 15 is 0 Å². The predicted molar refractivity (Wildman–Crippen MR) is 46.2 cm³/mol. The molecule has 0 spiro atoms. The second-order valence-electron chi connectivity index (χ2n) is 2.18. The van der Waals surface area contributed by atoms with Gasteiger partial charge in [-0.2, -0.15) is 0 Å². The van der Waals surface area contributed by atoms with Gasteiger partial charge in [0, 0.05) is 10.9 Å². The fourth-order valence-corrected chi connectivity index (χ4v) is 0.842. The average Bonchev–Trinajstić information content (AvgIpc) is 2.40. The van der Waals surface area contributed by atoms with E-state index in [1.54, 1.807) is 12.5 Å². The summed E-state index contributed by atoms with van der Waals surface area (Å²) in [6, 6.07) is 1.94. The van der Waals surface area contributed by atoms with Gasteiger partial charge >= 0.3 is 0 Å². The van der Waals surface area contributed by atoms with Gasteiger partial charge in [0.1, 0.15) is 0 Å². The van der Waals surface area contributed by atoms with Crippen LogP contribution in [0, 0.1) is 0 Å². The summed E-state index contributed by atoms with van der Waals surface area (Å²) in [5.41, 5.74) is 2.42. The monoisotopic (exact) mass is 200 g/mol. The van der Waals surface area contributed by atoms with Gasteiger partial charge in [-0.25, -0.2) is 0 Å². The molecule has 54 valence electrons. The molecule has 10 heavy (non-hydrogen) atoms. The Bertz CT molecular complexity index is 211. The Morgan fingerprint density at radius 1 is 1.80 bits per heavy atom. The van der Waals surface area contributed by atoms with Crippen LogP contribution in [0.2, 0.25) is 0 Å². The van der Waals surface area contributed by atoms with E-state index in [1.165, 1.54) is 5.57 Å². The largest absolute Gasteiger partial charge is 0.472 e. The molecule has 1 heterocycles. The molecule has 0 aromatic carbocycles. The van der Waals surface area contributed by atoms with Crippen molar-refractivity contribution in [2.24, 2.45) is 0 Å². The Balaban J connectivity index is 2.71. The predicted octanol–water partition coefficient (Wildman–Crippen LogP) is 3.08. The average molecular weight is 201 g/mol. The van der Waals surface area contributed by atoms with Gasteiger partial charge in [0.2, 0.25) is 0 Å². The van der Waals surface area contributed by atoms with Gasteiger partial charge in [0.05, 0.1) is 12.5 Å². The minimum atomic E-state index is 0.915. The van der Waals surface area contributed by atoms with E-state index in [0.29, 0.717) is 0 Å². The molecule has 0 N–H and O–H groups in total. The molecular weight excluding hydrogens is 192 g/mol. The van der Waals surface area contributed by atoms with Crippen LogP contribution in [0.25, 0.3) is 6.08 Å². The molecule has 1 aromatic rings. The summed E-state index contributed by atoms with van der Waals surface area (Å²) in [6.07, 6.45) is 5.48. The number of allylic oxidation sites excluding steroid dienone is 1. The van der Waals surface area contributed by atoms with Crippen LogP contribution >= 0.6 is 15.9 Å². The van der Waals surface area contributed by atoms with E-state index in [0.717, 1.165) is 10.9 Å². The second kappa shape index (κ2) is 3.62. The molecule has 0 aliphatic rings. The summed E-state index contributed by atoms with van der Waals surface area (Å²) in [5.74, 6) is 0. The van der Waals surface area contributed by atoms with Crippen LogP contribution in [0.1, 0.15) is 12.5 Å². The second-order valence-corrected chi connectivity index (χ2v) is 2.74. The topological polar surface area (TPSA) is 13.1 Å². The molecule has 0 saturated heterocycles. The lowest BCUT2D eigenvalue weighted by Crippen LogP contribution is -1.73. The summed E-state index contributed by atoms with van der Waals surface area (Å²) in [5, 5.41) is 0.915. The maximum Gasteiger partial charge on any atom is 0.0974 e. The van der Waals surface area contributed by atoms with Crippen molar-refractivity contribution in [3.63, 3.8) is 0 Å². The minimum Gasteiger partial charge on any atom is -0.472 e. The molecule has 0 bridgehead atoms. The fraction of sp³-hybridized carbons (Fsp3) is 0.250. The first kappa shape index (κ1) is 7.61. The highest BCUT2D eigenvalue weighted by Gasteiger charge is 1.89. The van der Waals surface area contributed by atoms with E-state index in [-0.39, 0.29) is 0 Å². The molecule has 0 unspecified atom stereocenters. The quantitative estimate of drug-likeness (QED) is 0.670. The van der Waals surface area contributed by atoms with Gasteiger partial charge in [-0.05, 0) is 13.0 Å². The summed E-state index contributed by atoms with van der Waals surface area (Å²) < 4.78 is 4.90. The normalized spacial score (nSPS) is 12.0. The zero-order valence-electron chi connectivity index (χ0n) is 5.80. The van der Waals surface area contributed by atoms with Crippen LogP contribution in [0.15, 0.2) is 28.6 Å². The first-order valence-electron chi connectivity index (χ1n) is 3.08. The van der Waals surface area contributed by atoms with Crippen LogP contribution in [-0.4, -0.2) is 5.33 Å². The molecule has 0 fully saturated rings. The van der Waals surface area contributed by atoms with E-state index in [1.807, 2.05) is 6.07 Å². The zero-order chi connectivity index (χ0) is 7.40. The third-order valence-electron chi connectivity index (χ3n) is 1.17. The Morgan fingerprint density at radius 2 is 2.60 bits per heavy atom. The molecule has 0 amide bonds. The molecule has 0 atom stereocenters. The van der Waals surface area contributed by atoms with Crippen LogP contribution in [0.4, 0.5) is 0 Å². The Labute approximate surface area is 68.9 Å². The summed E-state index contributed by atoms with van der Waals surface area (Å²) >= 11 is 3.36. The summed E-state index contributed by atoms with van der Waals surface area (Å²) in [7, 11) is 0. The molecule has 0 aliphatic heterocycles. The van der Waals surface area contributed by atoms with Crippen molar-refractivity contribution < 1.29 is 4.42 Å². The molecule has 2 heteroatoms. The maximum absolute atomic E-state index is 4.90. The zero-order valence-corrected chi connectivity index (χ0v) is 7.39. The standard InChI is InChI=1S/C8H9BrO/c1-7(5-9)4-8-2-3-10-6-8/h2-4,6H,5H2,1H3. The van der Waals surface area contributed by atoms with Gasteiger partial charge in [0.25, 0.3) is 0 Å². The van der Waals surface area contributed by atoms with Crippen molar-refractivity contribution in [3.8, 4) is 0 Å². The number of hydrogen-bond acceptors (Lipinski definition) is 1. The van der Waals surface area contributed by atoms with Crippen molar-refractivity contribution in [2.45, 2.75) is 6.92 Å². The van der Waals surface area contributed by atoms with Crippen molar-refractivity contribution in [1.82, 2.24) is 0 Å². The Morgan fingerprint density at radius 3 is 3.10 bits per heavy atom. The molecular formula is C8H9BrO. The van der Waals surface area contributed by atoms with Crippen molar-refractivity contribution in [1.29, 1.82) is 0 Å². The highest BCUT2D eigenvalue weighted by Crippen LogP contribution is 2.08. The highest BCUT2D eigenvalue weighted by molar-refractivity contribution is 9.09. The van der Waals surface area contributed by atoms with Gasteiger partial charge in [-0.3, -0.25) is 0 Å². The SMILES string of the molecule is CC(=Cc1ccoc1)CBr. The number of rotatable bonds is 2. The number of halogens is 1. The van der Waals surface area contributed by atoms with Gasteiger partial charge < -0.3 is 4.42 Å². The summed E-state index contributed by atoms with van der Waals surface area (Å²) in [4.78, 5) is 0. The van der Waals surface area contributed by atoms with Gasteiger partial charge in [-0.15, -0.1) is 0 Å². The maximum atomic E-state index is 4.90. The smallest absolute Gasteiger partial charge is 0.0974 e. The highest BCUT2D eigenvalue weighted by atomic mass is 79.9. The van der Waals surface area contributed by atoms with E-state index in [9.17, 15) is 0 Å². The fourth-order valence-electron chi connectivity index (χ4n) is 0.680. The third-order valence-corrected chi connectivity index (χ3v) is 2.05. The first-order chi connectivity index (χ1) is 4.83. The van der Waals surface area contributed by atoms with Crippen molar-refractivity contribution >= 4 is 22.0 Å². The summed E-state index contributed by atoms with van der Waals surface area (Å²) in [6.45, 7) is 2.07. The minimum absolute atomic E-state index is 0.915. The molecule has 0 radical (unpaired) electrons. The number of hydrogen-bond donors (Lipinski definition) is 0. The molecule has 0 saturated carbocycles. The number of alkyl halides is 1. The van der Waals surface area contributed by atoms with Crippen molar-refractivity contribution in [3.05, 3.63) is 29.7 Å². The van der Waals surface area contributed by atoms with Gasteiger partial charge in [-0.1, -0.05) is 27.6 Å².